The van der Waals surface area contributed by atoms with Gasteiger partial charge >= 0.3 is 0 Å². The van der Waals surface area contributed by atoms with Crippen molar-refractivity contribution in [1.82, 2.24) is 0 Å². The maximum atomic E-state index is 5.12. The molecular weight excluding hydrogens is 261 g/mol. The van der Waals surface area contributed by atoms with Crippen LogP contribution >= 0.6 is 69.6 Å². The smallest absolute Gasteiger partial charge is 0.122 e. The van der Waals surface area contributed by atoms with Gasteiger partial charge in [0, 0.05) is 0 Å². The van der Waals surface area contributed by atoms with Crippen LogP contribution in [0.1, 0.15) is 6.92 Å². The highest BCUT2D eigenvalue weighted by Gasteiger charge is 2.16. The van der Waals surface area contributed by atoms with Gasteiger partial charge in [-0.1, -0.05) is 34.8 Å². The summed E-state index contributed by atoms with van der Waals surface area (Å²) in [5.41, 5.74) is 0. The summed E-state index contributed by atoms with van der Waals surface area (Å²) in [6.07, 6.45) is 0. The van der Waals surface area contributed by atoms with E-state index in [0.29, 0.717) is 0 Å². The van der Waals surface area contributed by atoms with Crippen molar-refractivity contribution in [2.45, 2.75) is 15.6 Å². The molecule has 0 bridgehead atoms. The largest absolute Gasteiger partial charge is 0.203 e. The normalized spacial score (nSPS) is 10.8. The molecule has 0 aromatic carbocycles. The highest BCUT2D eigenvalue weighted by molar-refractivity contribution is 6.69. The Hall–Kier alpha value is 1.74. The Bertz CT molecular complexity index is 61.9. The van der Waals surface area contributed by atoms with E-state index in [1.807, 2.05) is 0 Å². The monoisotopic (exact) mass is 264 g/mol. The lowest BCUT2D eigenvalue weighted by atomic mass is 10.9. The van der Waals surface area contributed by atoms with Crippen LogP contribution in [0.15, 0.2) is 0 Å². The van der Waals surface area contributed by atoms with Crippen LogP contribution in [0.5, 0.6) is 0 Å². The van der Waals surface area contributed by atoms with E-state index in [0.717, 1.165) is 0 Å². The summed E-state index contributed by atoms with van der Waals surface area (Å²) in [6, 6.07) is 0. The second-order valence-electron chi connectivity index (χ2n) is 1.27. The second kappa shape index (κ2) is 7.39. The molecule has 0 fully saturated rings. The minimum atomic E-state index is -1.28. The molecule has 0 aromatic heterocycles. The van der Waals surface area contributed by atoms with Gasteiger partial charge in [0.05, 0.1) is 5.88 Å². The molecule has 0 unspecified atom stereocenters. The zero-order valence-corrected chi connectivity index (χ0v) is 9.59. The lowest BCUT2D eigenvalue weighted by Gasteiger charge is -2.00. The Morgan fingerprint density at radius 1 is 1.20 bits per heavy atom. The molecule has 0 aromatic rings. The number of alkyl halides is 6. The molecule has 0 saturated heterocycles. The molecule has 0 saturated carbocycles. The Kier molecular flexibility index (Phi) is 10.6. The fraction of sp³-hybridized carbons (Fsp3) is 1.00. The van der Waals surface area contributed by atoms with E-state index in [2.05, 4.69) is 0 Å². The van der Waals surface area contributed by atoms with E-state index < -0.39 is 3.79 Å². The summed E-state index contributed by atoms with van der Waals surface area (Å²) in [7, 11) is 0. The average molecular weight is 267 g/mol. The number of hydrogen-bond acceptors (Lipinski definition) is 0. The van der Waals surface area contributed by atoms with Crippen LogP contribution < -0.4 is 0 Å². The highest BCUT2D eigenvalue weighted by Crippen LogP contribution is 2.26. The van der Waals surface area contributed by atoms with E-state index in [4.69, 9.17) is 69.6 Å². The molecule has 64 valence electrons. The third-order valence-electron chi connectivity index (χ3n) is 0.152. The molecule has 0 atom stereocenters. The van der Waals surface area contributed by atoms with Gasteiger partial charge in [-0.25, -0.2) is 0 Å². The predicted octanol–water partition coefficient (Wildman–Crippen LogP) is 4.41. The molecule has 6 heteroatoms. The first-order chi connectivity index (χ1) is 4.29. The fourth-order valence-corrected chi connectivity index (χ4v) is 0. The molecule has 0 spiro atoms. The topological polar surface area (TPSA) is 0 Å². The van der Waals surface area contributed by atoms with Crippen LogP contribution in [0.2, 0.25) is 0 Å². The van der Waals surface area contributed by atoms with Crippen molar-refractivity contribution in [3.05, 3.63) is 0 Å². The SMILES string of the molecule is CC(Cl)Cl.ClCC(Cl)(Cl)Cl. The third kappa shape index (κ3) is 33.1. The van der Waals surface area contributed by atoms with Gasteiger partial charge in [-0.05, 0) is 6.92 Å². The fourth-order valence-electron chi connectivity index (χ4n) is 0. The summed E-state index contributed by atoms with van der Waals surface area (Å²) >= 11 is 30.5. The molecule has 0 radical (unpaired) electrons. The summed E-state index contributed by atoms with van der Waals surface area (Å²) in [6.45, 7) is 1.70. The van der Waals surface area contributed by atoms with Gasteiger partial charge in [-0.2, -0.15) is 0 Å². The van der Waals surface area contributed by atoms with Crippen LogP contribution in [-0.4, -0.2) is 14.5 Å². The summed E-state index contributed by atoms with van der Waals surface area (Å²) in [5, 5.41) is 0. The zero-order chi connectivity index (χ0) is 8.78. The molecule has 0 aliphatic heterocycles. The van der Waals surface area contributed by atoms with Gasteiger partial charge in [-0.15, -0.1) is 34.8 Å². The van der Waals surface area contributed by atoms with Crippen molar-refractivity contribution in [3.8, 4) is 0 Å². The van der Waals surface area contributed by atoms with Crippen LogP contribution in [0, 0.1) is 0 Å². The van der Waals surface area contributed by atoms with Crippen molar-refractivity contribution < 1.29 is 0 Å². The Morgan fingerprint density at radius 2 is 1.30 bits per heavy atom. The molecule has 0 nitrogen and oxygen atoms in total. The lowest BCUT2D eigenvalue weighted by molar-refractivity contribution is 1.28. The molecule has 0 rings (SSSR count). The van der Waals surface area contributed by atoms with Gasteiger partial charge in [0.1, 0.15) is 4.84 Å². The molecule has 0 amide bonds. The zero-order valence-electron chi connectivity index (χ0n) is 5.05. The third-order valence-corrected chi connectivity index (χ3v) is 1.36. The van der Waals surface area contributed by atoms with E-state index in [1.54, 1.807) is 6.92 Å². The van der Waals surface area contributed by atoms with Gasteiger partial charge < -0.3 is 0 Å². The first-order valence-electron chi connectivity index (χ1n) is 2.20. The minimum absolute atomic E-state index is 0.0394. The van der Waals surface area contributed by atoms with Crippen molar-refractivity contribution in [3.63, 3.8) is 0 Å². The predicted molar refractivity (Wildman–Crippen MR) is 52.2 cm³/mol. The summed E-state index contributed by atoms with van der Waals surface area (Å²) in [5.74, 6) is 0.0394. The van der Waals surface area contributed by atoms with Crippen LogP contribution in [0.3, 0.4) is 0 Å². The van der Waals surface area contributed by atoms with Gasteiger partial charge in [0.15, 0.2) is 0 Å². The van der Waals surface area contributed by atoms with Crippen LogP contribution in [0.4, 0.5) is 0 Å². The van der Waals surface area contributed by atoms with Crippen molar-refractivity contribution in [2.75, 3.05) is 5.88 Å². The first-order valence-corrected chi connectivity index (χ1v) is 4.74. The maximum absolute atomic E-state index is 5.12. The van der Waals surface area contributed by atoms with Gasteiger partial charge in [-0.3, -0.25) is 0 Å². The Morgan fingerprint density at radius 3 is 1.30 bits per heavy atom. The average Bonchev–Trinajstić information content (AvgIpc) is 1.63. The highest BCUT2D eigenvalue weighted by atomic mass is 35.6. The van der Waals surface area contributed by atoms with Gasteiger partial charge in [0.25, 0.3) is 0 Å². The lowest BCUT2D eigenvalue weighted by Crippen LogP contribution is -2.01. The molecule has 0 aliphatic rings. The molecule has 0 N–H and O–H groups in total. The van der Waals surface area contributed by atoms with Crippen molar-refractivity contribution in [1.29, 1.82) is 0 Å². The molecule has 0 heterocycles. The summed E-state index contributed by atoms with van der Waals surface area (Å²) in [4.78, 5) is -0.222. The molecule has 0 aliphatic carbocycles. The van der Waals surface area contributed by atoms with E-state index >= 15 is 0 Å². The van der Waals surface area contributed by atoms with Crippen LogP contribution in [0.25, 0.3) is 0 Å². The second-order valence-corrected chi connectivity index (χ2v) is 5.58. The van der Waals surface area contributed by atoms with E-state index in [9.17, 15) is 0 Å². The standard InChI is InChI=1S/C2H2Cl4.C2H4Cl2/c3-1-2(4,5)6;1-2(3)4/h1H2;2H,1H3. The minimum Gasteiger partial charge on any atom is -0.122 e. The van der Waals surface area contributed by atoms with E-state index in [1.165, 1.54) is 0 Å². The van der Waals surface area contributed by atoms with Crippen molar-refractivity contribution >= 4 is 69.6 Å². The van der Waals surface area contributed by atoms with Crippen LogP contribution in [-0.2, 0) is 0 Å². The Labute approximate surface area is 90.7 Å². The van der Waals surface area contributed by atoms with E-state index in [-0.39, 0.29) is 10.7 Å². The van der Waals surface area contributed by atoms with Crippen molar-refractivity contribution in [2.24, 2.45) is 0 Å². The maximum Gasteiger partial charge on any atom is 0.203 e. The summed E-state index contributed by atoms with van der Waals surface area (Å²) < 4.78 is -1.28. The van der Waals surface area contributed by atoms with Gasteiger partial charge in [0.2, 0.25) is 3.79 Å². The molecular formula is C4H6Cl6. The quantitative estimate of drug-likeness (QED) is 0.570. The number of halogens is 6. The molecule has 10 heavy (non-hydrogen) atoms. The first kappa shape index (κ1) is 14.3. The number of hydrogen-bond donors (Lipinski definition) is 0. The Balaban J connectivity index is 0. The number of rotatable bonds is 0.